The third-order valence-electron chi connectivity index (χ3n) is 3.10. The Morgan fingerprint density at radius 1 is 1.44 bits per heavy atom. The number of anilines is 1. The zero-order valence-electron chi connectivity index (χ0n) is 9.80. The van der Waals surface area contributed by atoms with E-state index in [0.29, 0.717) is 17.0 Å². The minimum Gasteiger partial charge on any atom is -0.303 e. The molecule has 2 atom stereocenters. The quantitative estimate of drug-likeness (QED) is 0.621. The molecule has 1 heterocycles. The molecule has 2 rings (SSSR count). The van der Waals surface area contributed by atoms with Gasteiger partial charge in [-0.3, -0.25) is 14.5 Å². The van der Waals surface area contributed by atoms with Crippen LogP contribution in [0.15, 0.2) is 24.3 Å². The lowest BCUT2D eigenvalue weighted by Gasteiger charge is -2.16. The molecule has 5 heteroatoms. The summed E-state index contributed by atoms with van der Waals surface area (Å²) in [6, 6.07) is 6.55. The van der Waals surface area contributed by atoms with E-state index in [4.69, 9.17) is 11.6 Å². The summed E-state index contributed by atoms with van der Waals surface area (Å²) < 4.78 is 0. The van der Waals surface area contributed by atoms with Crippen LogP contribution in [0.3, 0.4) is 0 Å². The van der Waals surface area contributed by atoms with Crippen molar-refractivity contribution in [3.8, 4) is 0 Å². The summed E-state index contributed by atoms with van der Waals surface area (Å²) >= 11 is 5.84. The van der Waals surface area contributed by atoms with Crippen LogP contribution in [0.1, 0.15) is 13.3 Å². The van der Waals surface area contributed by atoms with Crippen LogP contribution in [-0.4, -0.2) is 18.1 Å². The lowest BCUT2D eigenvalue weighted by Crippen LogP contribution is -2.32. The fourth-order valence-corrected chi connectivity index (χ4v) is 2.23. The first-order valence-corrected chi connectivity index (χ1v) is 6.00. The Balaban J connectivity index is 2.32. The molecule has 1 aromatic carbocycles. The van der Waals surface area contributed by atoms with E-state index in [1.54, 1.807) is 31.2 Å². The number of hydrogen-bond acceptors (Lipinski definition) is 3. The van der Waals surface area contributed by atoms with E-state index in [1.807, 2.05) is 0 Å². The van der Waals surface area contributed by atoms with Crippen LogP contribution in [0.2, 0.25) is 5.02 Å². The van der Waals surface area contributed by atoms with Gasteiger partial charge in [-0.25, -0.2) is 0 Å². The van der Waals surface area contributed by atoms with E-state index in [-0.39, 0.29) is 18.2 Å². The Morgan fingerprint density at radius 2 is 2.17 bits per heavy atom. The fraction of sp³-hybridized carbons (Fsp3) is 0.308. The maximum Gasteiger partial charge on any atom is 0.238 e. The number of imide groups is 1. The molecule has 1 aliphatic heterocycles. The summed E-state index contributed by atoms with van der Waals surface area (Å²) in [5, 5.41) is 0.458. The van der Waals surface area contributed by atoms with Gasteiger partial charge < -0.3 is 4.79 Å². The van der Waals surface area contributed by atoms with Gasteiger partial charge in [-0.2, -0.15) is 0 Å². The monoisotopic (exact) mass is 265 g/mol. The van der Waals surface area contributed by atoms with Gasteiger partial charge in [0.15, 0.2) is 0 Å². The van der Waals surface area contributed by atoms with E-state index in [9.17, 15) is 14.4 Å². The molecule has 1 aliphatic rings. The van der Waals surface area contributed by atoms with E-state index in [1.165, 1.54) is 0 Å². The number of benzene rings is 1. The largest absolute Gasteiger partial charge is 0.303 e. The van der Waals surface area contributed by atoms with Gasteiger partial charge in [-0.1, -0.05) is 24.6 Å². The second kappa shape index (κ2) is 4.90. The molecule has 0 saturated carbocycles. The second-order valence-corrected chi connectivity index (χ2v) is 4.79. The van der Waals surface area contributed by atoms with Gasteiger partial charge >= 0.3 is 0 Å². The van der Waals surface area contributed by atoms with E-state index in [2.05, 4.69) is 0 Å². The standard InChI is InChI=1S/C13H12ClNO3/c1-8(7-16)11-6-12(17)15(13(11)18)10-4-2-3-9(14)5-10/h2-5,7-8,11H,6H2,1H3. The van der Waals surface area contributed by atoms with Crippen molar-refractivity contribution in [3.05, 3.63) is 29.3 Å². The predicted molar refractivity (Wildman–Crippen MR) is 67.3 cm³/mol. The molecule has 0 aliphatic carbocycles. The fourth-order valence-electron chi connectivity index (χ4n) is 2.05. The van der Waals surface area contributed by atoms with Gasteiger partial charge in [-0.05, 0) is 18.2 Å². The predicted octanol–water partition coefficient (Wildman–Crippen LogP) is 2.05. The average molecular weight is 266 g/mol. The van der Waals surface area contributed by atoms with Gasteiger partial charge in [0.1, 0.15) is 6.29 Å². The van der Waals surface area contributed by atoms with Crippen LogP contribution >= 0.6 is 11.6 Å². The van der Waals surface area contributed by atoms with E-state index in [0.717, 1.165) is 4.90 Å². The minimum atomic E-state index is -0.561. The highest BCUT2D eigenvalue weighted by atomic mass is 35.5. The smallest absolute Gasteiger partial charge is 0.238 e. The molecular weight excluding hydrogens is 254 g/mol. The summed E-state index contributed by atoms with van der Waals surface area (Å²) in [5.41, 5.74) is 0.457. The van der Waals surface area contributed by atoms with Crippen molar-refractivity contribution < 1.29 is 14.4 Å². The maximum atomic E-state index is 12.1. The molecule has 4 nitrogen and oxygen atoms in total. The summed E-state index contributed by atoms with van der Waals surface area (Å²) in [7, 11) is 0. The lowest BCUT2D eigenvalue weighted by molar-refractivity contribution is -0.125. The van der Waals surface area contributed by atoms with Gasteiger partial charge in [0.05, 0.1) is 11.6 Å². The second-order valence-electron chi connectivity index (χ2n) is 4.35. The summed E-state index contributed by atoms with van der Waals surface area (Å²) in [4.78, 5) is 35.9. The van der Waals surface area contributed by atoms with Crippen LogP contribution in [0.25, 0.3) is 0 Å². The van der Waals surface area contributed by atoms with E-state index < -0.39 is 11.8 Å². The Morgan fingerprint density at radius 3 is 2.78 bits per heavy atom. The minimum absolute atomic E-state index is 0.0747. The first kappa shape index (κ1) is 12.8. The van der Waals surface area contributed by atoms with Crippen LogP contribution in [-0.2, 0) is 14.4 Å². The van der Waals surface area contributed by atoms with Crippen LogP contribution in [0.4, 0.5) is 5.69 Å². The van der Waals surface area contributed by atoms with Crippen molar-refractivity contribution in [2.24, 2.45) is 11.8 Å². The Hall–Kier alpha value is -1.68. The van der Waals surface area contributed by atoms with Crippen molar-refractivity contribution in [1.82, 2.24) is 0 Å². The number of aldehydes is 1. The molecule has 1 aromatic rings. The van der Waals surface area contributed by atoms with Gasteiger partial charge in [0, 0.05) is 17.4 Å². The molecule has 18 heavy (non-hydrogen) atoms. The average Bonchev–Trinajstić information content (AvgIpc) is 2.64. The molecule has 0 radical (unpaired) electrons. The number of nitrogens with zero attached hydrogens (tertiary/aromatic N) is 1. The van der Waals surface area contributed by atoms with Crippen LogP contribution in [0, 0.1) is 11.8 Å². The summed E-state index contributed by atoms with van der Waals surface area (Å²) in [6.45, 7) is 1.64. The Labute approximate surface area is 110 Å². The van der Waals surface area contributed by atoms with Crippen molar-refractivity contribution in [3.63, 3.8) is 0 Å². The molecule has 0 spiro atoms. The summed E-state index contributed by atoms with van der Waals surface area (Å²) in [5.74, 6) is -1.64. The van der Waals surface area contributed by atoms with Gasteiger partial charge in [0.2, 0.25) is 11.8 Å². The normalized spacial score (nSPS) is 21.2. The number of hydrogen-bond donors (Lipinski definition) is 0. The summed E-state index contributed by atoms with van der Waals surface area (Å²) in [6.07, 6.45) is 0.780. The molecule has 1 saturated heterocycles. The van der Waals surface area contributed by atoms with Crippen molar-refractivity contribution in [1.29, 1.82) is 0 Å². The SMILES string of the molecule is CC(C=O)C1CC(=O)N(c2cccc(Cl)c2)C1=O. The Bertz CT molecular complexity index is 515. The number of rotatable bonds is 3. The number of carbonyl (C=O) groups is 3. The third kappa shape index (κ3) is 2.16. The topological polar surface area (TPSA) is 54.5 Å². The van der Waals surface area contributed by atoms with E-state index >= 15 is 0 Å². The molecule has 2 unspecified atom stereocenters. The lowest BCUT2D eigenvalue weighted by atomic mass is 9.94. The third-order valence-corrected chi connectivity index (χ3v) is 3.33. The molecule has 1 fully saturated rings. The number of amides is 2. The highest BCUT2D eigenvalue weighted by Crippen LogP contribution is 2.31. The maximum absolute atomic E-state index is 12.1. The number of carbonyl (C=O) groups excluding carboxylic acids is 3. The number of halogens is 1. The zero-order chi connectivity index (χ0) is 13.3. The Kier molecular flexibility index (Phi) is 3.48. The zero-order valence-corrected chi connectivity index (χ0v) is 10.6. The highest BCUT2D eigenvalue weighted by molar-refractivity contribution is 6.31. The van der Waals surface area contributed by atoms with Crippen LogP contribution in [0.5, 0.6) is 0 Å². The van der Waals surface area contributed by atoms with Gasteiger partial charge in [-0.15, -0.1) is 0 Å². The molecule has 0 N–H and O–H groups in total. The highest BCUT2D eigenvalue weighted by Gasteiger charge is 2.42. The molecule has 94 valence electrons. The molecule has 2 amide bonds. The van der Waals surface area contributed by atoms with Gasteiger partial charge in [0.25, 0.3) is 0 Å². The molecule has 0 bridgehead atoms. The molecule has 0 aromatic heterocycles. The first-order valence-electron chi connectivity index (χ1n) is 5.62. The van der Waals surface area contributed by atoms with Crippen molar-refractivity contribution in [2.75, 3.05) is 4.90 Å². The van der Waals surface area contributed by atoms with Crippen LogP contribution < -0.4 is 4.90 Å². The first-order chi connectivity index (χ1) is 8.54. The van der Waals surface area contributed by atoms with Crippen molar-refractivity contribution in [2.45, 2.75) is 13.3 Å². The molecular formula is C13H12ClNO3. The van der Waals surface area contributed by atoms with Crippen molar-refractivity contribution >= 4 is 35.4 Å².